The molecule has 0 unspecified atom stereocenters. The molecule has 0 aliphatic carbocycles. The maximum absolute atomic E-state index is 12.2. The van der Waals surface area contributed by atoms with Gasteiger partial charge in [0.1, 0.15) is 5.65 Å². The Hall–Kier alpha value is -2.93. The van der Waals surface area contributed by atoms with E-state index in [1.54, 1.807) is 6.20 Å². The van der Waals surface area contributed by atoms with Crippen LogP contribution < -0.4 is 5.69 Å². The van der Waals surface area contributed by atoms with Gasteiger partial charge in [-0.3, -0.25) is 4.98 Å². The van der Waals surface area contributed by atoms with Crippen LogP contribution in [0, 0.1) is 0 Å². The fourth-order valence-electron chi connectivity index (χ4n) is 2.33. The topological polar surface area (TPSA) is 75.9 Å². The lowest BCUT2D eigenvalue weighted by Crippen LogP contribution is -2.19. The molecule has 4 aromatic rings. The minimum Gasteiger partial charge on any atom is -0.319 e. The van der Waals surface area contributed by atoms with Crippen molar-refractivity contribution in [2.24, 2.45) is 0 Å². The molecule has 0 saturated heterocycles. The second-order valence-electron chi connectivity index (χ2n) is 5.13. The Bertz CT molecular complexity index is 1030. The van der Waals surface area contributed by atoms with Crippen molar-refractivity contribution in [3.05, 3.63) is 77.0 Å². The zero-order valence-electron chi connectivity index (χ0n) is 12.6. The third-order valence-electron chi connectivity index (χ3n) is 3.48. The van der Waals surface area contributed by atoms with Gasteiger partial charge in [0.05, 0.1) is 11.4 Å². The Morgan fingerprint density at radius 2 is 1.92 bits per heavy atom. The van der Waals surface area contributed by atoms with Gasteiger partial charge in [-0.25, -0.2) is 4.79 Å². The van der Waals surface area contributed by atoms with Crippen LogP contribution in [0.25, 0.3) is 16.9 Å². The van der Waals surface area contributed by atoms with Gasteiger partial charge in [0.2, 0.25) is 0 Å². The van der Waals surface area contributed by atoms with E-state index in [1.165, 1.54) is 16.3 Å². The van der Waals surface area contributed by atoms with Crippen molar-refractivity contribution in [3.8, 4) is 11.3 Å². The van der Waals surface area contributed by atoms with E-state index in [4.69, 9.17) is 0 Å². The van der Waals surface area contributed by atoms with E-state index in [-0.39, 0.29) is 0 Å². The standard InChI is InChI=1S/C17H13N5OS/c23-17-20-16(24-11-13-8-4-5-9-18-13)19-15-10-14(21-22(15)17)12-6-2-1-3-7-12/h1-10H,11H2,(H,19,20,23). The molecule has 3 heterocycles. The lowest BCUT2D eigenvalue weighted by molar-refractivity contribution is 0.788. The first-order chi connectivity index (χ1) is 11.8. The summed E-state index contributed by atoms with van der Waals surface area (Å²) in [6.45, 7) is 0. The Balaban J connectivity index is 1.66. The number of thioether (sulfide) groups is 1. The zero-order valence-corrected chi connectivity index (χ0v) is 13.4. The average Bonchev–Trinajstić information content (AvgIpc) is 3.06. The van der Waals surface area contributed by atoms with E-state index in [0.29, 0.717) is 16.6 Å². The van der Waals surface area contributed by atoms with Crippen molar-refractivity contribution in [3.63, 3.8) is 0 Å². The van der Waals surface area contributed by atoms with E-state index in [0.717, 1.165) is 17.0 Å². The molecule has 0 aliphatic heterocycles. The molecule has 0 radical (unpaired) electrons. The summed E-state index contributed by atoms with van der Waals surface area (Å²) in [4.78, 5) is 23.7. The molecule has 4 rings (SSSR count). The molecule has 0 amide bonds. The summed E-state index contributed by atoms with van der Waals surface area (Å²) in [5, 5.41) is 4.88. The van der Waals surface area contributed by atoms with Crippen LogP contribution in [0.4, 0.5) is 0 Å². The molecule has 0 fully saturated rings. The van der Waals surface area contributed by atoms with E-state index >= 15 is 0 Å². The molecule has 6 nitrogen and oxygen atoms in total. The summed E-state index contributed by atoms with van der Waals surface area (Å²) >= 11 is 1.44. The summed E-state index contributed by atoms with van der Waals surface area (Å²) in [6, 6.07) is 17.3. The highest BCUT2D eigenvalue weighted by Gasteiger charge is 2.09. The smallest absolute Gasteiger partial charge is 0.319 e. The third kappa shape index (κ3) is 2.93. The minimum atomic E-state index is -0.394. The second-order valence-corrected chi connectivity index (χ2v) is 6.09. The van der Waals surface area contributed by atoms with Crippen LogP contribution in [0.2, 0.25) is 0 Å². The molecule has 7 heteroatoms. The molecule has 1 aromatic carbocycles. The molecule has 24 heavy (non-hydrogen) atoms. The summed E-state index contributed by atoms with van der Waals surface area (Å²) in [7, 11) is 0. The van der Waals surface area contributed by atoms with Crippen molar-refractivity contribution >= 4 is 17.4 Å². The highest BCUT2D eigenvalue weighted by molar-refractivity contribution is 7.98. The van der Waals surface area contributed by atoms with Crippen molar-refractivity contribution in [2.75, 3.05) is 0 Å². The lowest BCUT2D eigenvalue weighted by Gasteiger charge is -2.00. The summed E-state index contributed by atoms with van der Waals surface area (Å²) in [6.07, 6.45) is 1.75. The molecule has 0 spiro atoms. The van der Waals surface area contributed by atoms with Gasteiger partial charge in [-0.2, -0.15) is 14.6 Å². The Morgan fingerprint density at radius 1 is 1.08 bits per heavy atom. The predicted molar refractivity (Wildman–Crippen MR) is 92.8 cm³/mol. The minimum absolute atomic E-state index is 0.394. The molecule has 118 valence electrons. The van der Waals surface area contributed by atoms with Crippen LogP contribution in [0.1, 0.15) is 5.69 Å². The first-order valence-corrected chi connectivity index (χ1v) is 8.36. The van der Waals surface area contributed by atoms with Crippen LogP contribution in [-0.4, -0.2) is 24.6 Å². The molecule has 1 N–H and O–H groups in total. The third-order valence-corrected chi connectivity index (χ3v) is 4.38. The maximum Gasteiger partial charge on any atom is 0.372 e. The van der Waals surface area contributed by atoms with Gasteiger partial charge in [0.15, 0.2) is 5.16 Å². The SMILES string of the molecule is O=c1nc(SCc2ccccn2)[nH]c2cc(-c3ccccc3)nn12. The molecule has 0 bridgehead atoms. The van der Waals surface area contributed by atoms with Crippen LogP contribution in [0.5, 0.6) is 0 Å². The number of nitrogens with one attached hydrogen (secondary N) is 1. The molecule has 0 aliphatic rings. The predicted octanol–water partition coefficient (Wildman–Crippen LogP) is 2.77. The van der Waals surface area contributed by atoms with Crippen LogP contribution in [0.15, 0.2) is 70.7 Å². The number of H-pyrrole nitrogens is 1. The number of fused-ring (bicyclic) bond motifs is 1. The summed E-state index contributed by atoms with van der Waals surface area (Å²) in [5.41, 5.74) is 2.85. The molecule has 0 atom stereocenters. The van der Waals surface area contributed by atoms with Crippen LogP contribution >= 0.6 is 11.8 Å². The normalized spacial score (nSPS) is 11.0. The van der Waals surface area contributed by atoms with Gasteiger partial charge in [-0.1, -0.05) is 48.2 Å². The van der Waals surface area contributed by atoms with Crippen LogP contribution in [-0.2, 0) is 5.75 Å². The first-order valence-electron chi connectivity index (χ1n) is 7.38. The average molecular weight is 335 g/mol. The van der Waals surface area contributed by atoms with Gasteiger partial charge in [0.25, 0.3) is 0 Å². The fourth-order valence-corrected chi connectivity index (χ4v) is 3.11. The Morgan fingerprint density at radius 3 is 2.71 bits per heavy atom. The van der Waals surface area contributed by atoms with Gasteiger partial charge >= 0.3 is 5.69 Å². The van der Waals surface area contributed by atoms with Crippen molar-refractivity contribution < 1.29 is 0 Å². The number of aromatic amines is 1. The highest BCUT2D eigenvalue weighted by atomic mass is 32.2. The lowest BCUT2D eigenvalue weighted by atomic mass is 10.2. The van der Waals surface area contributed by atoms with E-state index in [2.05, 4.69) is 20.1 Å². The molecular formula is C17H13N5OS. The van der Waals surface area contributed by atoms with Crippen LogP contribution in [0.3, 0.4) is 0 Å². The molecule has 0 saturated carbocycles. The largest absolute Gasteiger partial charge is 0.372 e. The van der Waals surface area contributed by atoms with E-state index < -0.39 is 5.69 Å². The number of nitrogens with zero attached hydrogens (tertiary/aromatic N) is 4. The Kier molecular flexibility index (Phi) is 3.84. The number of aromatic nitrogens is 5. The maximum atomic E-state index is 12.2. The van der Waals surface area contributed by atoms with Gasteiger partial charge in [-0.15, -0.1) is 0 Å². The highest BCUT2D eigenvalue weighted by Crippen LogP contribution is 2.20. The quantitative estimate of drug-likeness (QED) is 0.580. The second kappa shape index (κ2) is 6.29. The van der Waals surface area contributed by atoms with Gasteiger partial charge < -0.3 is 4.98 Å². The number of rotatable bonds is 4. The van der Waals surface area contributed by atoms with Gasteiger partial charge in [0, 0.05) is 23.6 Å². The summed E-state index contributed by atoms with van der Waals surface area (Å²) in [5.74, 6) is 0.639. The first kappa shape index (κ1) is 14.6. The zero-order chi connectivity index (χ0) is 16.4. The summed E-state index contributed by atoms with van der Waals surface area (Å²) < 4.78 is 1.28. The fraction of sp³-hybridized carbons (Fsp3) is 0.0588. The van der Waals surface area contributed by atoms with E-state index in [9.17, 15) is 4.79 Å². The number of hydrogen-bond acceptors (Lipinski definition) is 5. The number of hydrogen-bond donors (Lipinski definition) is 1. The van der Waals surface area contributed by atoms with E-state index in [1.807, 2.05) is 54.6 Å². The Labute approximate surface area is 141 Å². The monoisotopic (exact) mass is 335 g/mol. The van der Waals surface area contributed by atoms with Crippen molar-refractivity contribution in [1.82, 2.24) is 24.6 Å². The van der Waals surface area contributed by atoms with Crippen molar-refractivity contribution in [2.45, 2.75) is 10.9 Å². The number of pyridine rings is 1. The van der Waals surface area contributed by atoms with Crippen molar-refractivity contribution in [1.29, 1.82) is 0 Å². The number of benzene rings is 1. The van der Waals surface area contributed by atoms with Gasteiger partial charge in [-0.05, 0) is 12.1 Å². The molecule has 3 aromatic heterocycles. The molecular weight excluding hydrogens is 322 g/mol.